The third kappa shape index (κ3) is 4.94. The molecule has 9 heteroatoms. The molecule has 0 saturated heterocycles. The summed E-state index contributed by atoms with van der Waals surface area (Å²) in [6.45, 7) is 0.856. The van der Waals surface area contributed by atoms with Gasteiger partial charge in [-0.05, 0) is 48.6 Å². The Morgan fingerprint density at radius 2 is 2.06 bits per heavy atom. The molecule has 2 atom stereocenters. The van der Waals surface area contributed by atoms with Crippen LogP contribution < -0.4 is 10.1 Å². The number of benzene rings is 1. The summed E-state index contributed by atoms with van der Waals surface area (Å²) in [5.74, 6) is 1.32. The smallest absolute Gasteiger partial charge is 0.407 e. The number of pyridine rings is 1. The van der Waals surface area contributed by atoms with Crippen molar-refractivity contribution in [2.45, 2.75) is 44.2 Å². The van der Waals surface area contributed by atoms with Crippen LogP contribution in [0.25, 0.3) is 15.8 Å². The van der Waals surface area contributed by atoms with Crippen molar-refractivity contribution in [1.29, 1.82) is 0 Å². The van der Waals surface area contributed by atoms with Gasteiger partial charge < -0.3 is 25.2 Å². The minimum absolute atomic E-state index is 0.0560. The van der Waals surface area contributed by atoms with E-state index in [1.165, 1.54) is 4.90 Å². The zero-order chi connectivity index (χ0) is 22.8. The van der Waals surface area contributed by atoms with Crippen LogP contribution in [0.3, 0.4) is 0 Å². The van der Waals surface area contributed by atoms with Crippen molar-refractivity contribution < 1.29 is 19.7 Å². The Bertz CT molecular complexity index is 1190. The molecule has 3 heterocycles. The van der Waals surface area contributed by atoms with Gasteiger partial charge >= 0.3 is 6.09 Å². The monoisotopic (exact) mass is 466 g/mol. The number of nitrogens with one attached hydrogen (secondary N) is 1. The second kappa shape index (κ2) is 9.36. The fourth-order valence-electron chi connectivity index (χ4n) is 4.36. The Morgan fingerprint density at radius 3 is 2.85 bits per heavy atom. The van der Waals surface area contributed by atoms with Crippen LogP contribution in [0.4, 0.5) is 9.93 Å². The van der Waals surface area contributed by atoms with Crippen molar-refractivity contribution >= 4 is 38.4 Å². The molecule has 3 N–H and O–H groups in total. The highest BCUT2D eigenvalue weighted by Crippen LogP contribution is 2.33. The van der Waals surface area contributed by atoms with E-state index in [2.05, 4.69) is 15.3 Å². The largest absolute Gasteiger partial charge is 0.465 e. The van der Waals surface area contributed by atoms with Crippen LogP contribution in [0.15, 0.2) is 42.7 Å². The van der Waals surface area contributed by atoms with Gasteiger partial charge in [0.15, 0.2) is 5.13 Å². The van der Waals surface area contributed by atoms with E-state index in [1.54, 1.807) is 23.7 Å². The van der Waals surface area contributed by atoms with Gasteiger partial charge in [0.2, 0.25) is 0 Å². The minimum Gasteiger partial charge on any atom is -0.465 e. The summed E-state index contributed by atoms with van der Waals surface area (Å²) >= 11 is 1.56. The normalized spacial score (nSPS) is 21.0. The minimum atomic E-state index is -0.896. The first-order valence-corrected chi connectivity index (χ1v) is 12.0. The van der Waals surface area contributed by atoms with Crippen LogP contribution >= 0.6 is 11.3 Å². The summed E-state index contributed by atoms with van der Waals surface area (Å²) in [5, 5.41) is 23.6. The maximum Gasteiger partial charge on any atom is 0.407 e. The van der Waals surface area contributed by atoms with Gasteiger partial charge in [-0.15, -0.1) is 0 Å². The van der Waals surface area contributed by atoms with Crippen LogP contribution in [0, 0.1) is 0 Å². The molecule has 172 valence electrons. The number of fused-ring (bicyclic) bond motifs is 1. The van der Waals surface area contributed by atoms with Gasteiger partial charge in [-0.2, -0.15) is 0 Å². The Hall–Kier alpha value is -3.17. The van der Waals surface area contributed by atoms with Crippen LogP contribution in [0.5, 0.6) is 11.5 Å². The van der Waals surface area contributed by atoms with Gasteiger partial charge in [-0.3, -0.25) is 4.98 Å². The van der Waals surface area contributed by atoms with Crippen LogP contribution in [-0.2, 0) is 0 Å². The van der Waals surface area contributed by atoms with Gasteiger partial charge in [-0.1, -0.05) is 30.3 Å². The molecule has 2 aromatic heterocycles. The number of ether oxygens (including phenoxy) is 1. The van der Waals surface area contributed by atoms with E-state index < -0.39 is 6.09 Å². The second-order valence-corrected chi connectivity index (χ2v) is 9.50. The first-order valence-electron chi connectivity index (χ1n) is 11.2. The highest BCUT2D eigenvalue weighted by molar-refractivity contribution is 7.22. The number of aliphatic hydroxyl groups is 1. The number of hydrogen-bond acceptors (Lipinski definition) is 7. The molecule has 8 nitrogen and oxygen atoms in total. The topological polar surface area (TPSA) is 108 Å². The Morgan fingerprint density at radius 1 is 1.18 bits per heavy atom. The average Bonchev–Trinajstić information content (AvgIpc) is 3.22. The Balaban J connectivity index is 1.29. The number of thiazole rings is 1. The molecule has 33 heavy (non-hydrogen) atoms. The van der Waals surface area contributed by atoms with E-state index in [-0.39, 0.29) is 12.1 Å². The van der Waals surface area contributed by atoms with Gasteiger partial charge in [0.05, 0.1) is 28.6 Å². The van der Waals surface area contributed by atoms with Gasteiger partial charge in [0, 0.05) is 25.4 Å². The van der Waals surface area contributed by atoms with Gasteiger partial charge in [0.1, 0.15) is 11.5 Å². The number of anilines is 1. The molecule has 0 unspecified atom stereocenters. The number of aromatic nitrogens is 2. The third-order valence-electron chi connectivity index (χ3n) is 6.20. The highest BCUT2D eigenvalue weighted by atomic mass is 32.1. The second-order valence-electron chi connectivity index (χ2n) is 8.47. The number of rotatable bonds is 5. The number of carboxylic acid groups (broad SMARTS) is 1. The molecule has 1 fully saturated rings. The summed E-state index contributed by atoms with van der Waals surface area (Å²) in [5.41, 5.74) is 2.90. The van der Waals surface area contributed by atoms with E-state index in [0.717, 1.165) is 52.2 Å². The Labute approximate surface area is 195 Å². The lowest BCUT2D eigenvalue weighted by Crippen LogP contribution is -2.36. The summed E-state index contributed by atoms with van der Waals surface area (Å²) in [7, 11) is 0. The first-order chi connectivity index (χ1) is 16.0. The fourth-order valence-corrected chi connectivity index (χ4v) is 5.32. The molecule has 0 bridgehead atoms. The third-order valence-corrected chi connectivity index (χ3v) is 7.15. The van der Waals surface area contributed by atoms with Crippen molar-refractivity contribution in [3.8, 4) is 11.5 Å². The molecule has 3 aromatic rings. The molecule has 1 aliphatic carbocycles. The molecule has 0 radical (unpaired) electrons. The lowest BCUT2D eigenvalue weighted by atomic mass is 9.93. The summed E-state index contributed by atoms with van der Waals surface area (Å²) in [6.07, 6.45) is 8.80. The lowest BCUT2D eigenvalue weighted by Gasteiger charge is -2.27. The van der Waals surface area contributed by atoms with Crippen LogP contribution in [-0.4, -0.2) is 56.4 Å². The number of nitrogens with zero attached hydrogens (tertiary/aromatic N) is 3. The number of hydrogen-bond donors (Lipinski definition) is 3. The van der Waals surface area contributed by atoms with Gasteiger partial charge in [0.25, 0.3) is 0 Å². The predicted octanol–water partition coefficient (Wildman–Crippen LogP) is 4.97. The molecular weight excluding hydrogens is 440 g/mol. The molecule has 1 saturated carbocycles. The number of amides is 1. The molecular formula is C24H26N4O4S. The maximum absolute atomic E-state index is 11.1. The van der Waals surface area contributed by atoms with E-state index in [0.29, 0.717) is 31.0 Å². The van der Waals surface area contributed by atoms with Crippen molar-refractivity contribution in [2.75, 3.05) is 18.4 Å². The molecule has 1 aliphatic heterocycles. The number of carbonyl (C=O) groups is 1. The van der Waals surface area contributed by atoms with Crippen molar-refractivity contribution in [1.82, 2.24) is 14.9 Å². The van der Waals surface area contributed by atoms with Crippen molar-refractivity contribution in [3.05, 3.63) is 48.3 Å². The fraction of sp³-hybridized carbons (Fsp3) is 0.375. The Kier molecular flexibility index (Phi) is 6.15. The zero-order valence-corrected chi connectivity index (χ0v) is 18.9. The number of aliphatic hydroxyl groups excluding tert-OH is 1. The maximum atomic E-state index is 11.1. The quantitative estimate of drug-likeness (QED) is 0.487. The van der Waals surface area contributed by atoms with E-state index in [1.807, 2.05) is 30.3 Å². The van der Waals surface area contributed by atoms with Crippen LogP contribution in [0.1, 0.15) is 37.7 Å². The molecule has 1 amide bonds. The van der Waals surface area contributed by atoms with E-state index >= 15 is 0 Å². The van der Waals surface area contributed by atoms with E-state index in [4.69, 9.17) is 9.84 Å². The summed E-state index contributed by atoms with van der Waals surface area (Å²) < 4.78 is 7.09. The zero-order valence-electron chi connectivity index (χ0n) is 18.1. The average molecular weight is 467 g/mol. The van der Waals surface area contributed by atoms with Crippen LogP contribution in [0.2, 0.25) is 0 Å². The molecule has 5 rings (SSSR count). The first kappa shape index (κ1) is 21.7. The van der Waals surface area contributed by atoms with Crippen molar-refractivity contribution in [2.24, 2.45) is 0 Å². The lowest BCUT2D eigenvalue weighted by molar-refractivity contribution is 0.116. The van der Waals surface area contributed by atoms with Gasteiger partial charge in [-0.25, -0.2) is 9.78 Å². The summed E-state index contributed by atoms with van der Waals surface area (Å²) in [6, 6.07) is 7.78. The summed E-state index contributed by atoms with van der Waals surface area (Å²) in [4.78, 5) is 21.5. The van der Waals surface area contributed by atoms with E-state index in [9.17, 15) is 9.90 Å². The molecule has 1 aromatic carbocycles. The highest BCUT2D eigenvalue weighted by Gasteiger charge is 2.24. The standard InChI is InChI=1S/C24H26N4O4S/c29-21-4-2-1-3-19(21)26-23-27-20-6-5-17(12-22(20)33-23)32-18-11-16(13-25-14-18)15-7-9-28(10-8-15)24(30)31/h5-7,11-14,19,21,29H,1-4,8-10H2,(H,26,27)(H,30,31)/t19-,21-/m1/s1. The van der Waals surface area contributed by atoms with Crippen molar-refractivity contribution in [3.63, 3.8) is 0 Å². The predicted molar refractivity (Wildman–Crippen MR) is 128 cm³/mol. The molecule has 2 aliphatic rings. The SMILES string of the molecule is O=C(O)N1CC=C(c2cncc(Oc3ccc4nc(N[C@@H]5CCCC[C@H]5O)sc4c3)c2)CC1. The molecule has 0 spiro atoms.